The minimum Gasteiger partial charge on any atom is -0.354 e. The number of benzene rings is 2. The third-order valence-corrected chi connectivity index (χ3v) is 5.62. The molecule has 29 heavy (non-hydrogen) atoms. The summed E-state index contributed by atoms with van der Waals surface area (Å²) in [4.78, 5) is 28.6. The van der Waals surface area contributed by atoms with Crippen molar-refractivity contribution >= 4 is 17.5 Å². The van der Waals surface area contributed by atoms with Gasteiger partial charge in [-0.15, -0.1) is 0 Å². The Kier molecular flexibility index (Phi) is 7.42. The molecule has 0 aromatic heterocycles. The molecule has 1 fully saturated rings. The predicted octanol–water partition coefficient (Wildman–Crippen LogP) is 3.56. The topological polar surface area (TPSA) is 52.7 Å². The molecule has 5 nitrogen and oxygen atoms in total. The lowest BCUT2D eigenvalue weighted by molar-refractivity contribution is -0.120. The summed E-state index contributed by atoms with van der Waals surface area (Å²) in [6.45, 7) is 7.53. The van der Waals surface area contributed by atoms with E-state index in [1.807, 2.05) is 47.4 Å². The highest BCUT2D eigenvalue weighted by Gasteiger charge is 2.22. The smallest absolute Gasteiger partial charge is 0.227 e. The van der Waals surface area contributed by atoms with Gasteiger partial charge in [-0.05, 0) is 42.8 Å². The lowest BCUT2D eigenvalue weighted by Gasteiger charge is -2.30. The normalized spacial score (nSPS) is 15.0. The molecule has 0 radical (unpaired) electrons. The van der Waals surface area contributed by atoms with Gasteiger partial charge in [0.15, 0.2) is 0 Å². The van der Waals surface area contributed by atoms with Crippen LogP contribution in [0.2, 0.25) is 0 Å². The minimum atomic E-state index is 0.0167. The predicted molar refractivity (Wildman–Crippen MR) is 117 cm³/mol. The first-order valence-corrected chi connectivity index (χ1v) is 10.6. The Morgan fingerprint density at radius 2 is 1.76 bits per heavy atom. The molecular formula is C24H31N3O2. The largest absolute Gasteiger partial charge is 0.354 e. The van der Waals surface area contributed by atoms with Crippen molar-refractivity contribution < 1.29 is 9.59 Å². The Bertz CT molecular complexity index is 801. The second-order valence-electron chi connectivity index (χ2n) is 7.44. The molecule has 2 aromatic rings. The van der Waals surface area contributed by atoms with Crippen LogP contribution in [-0.4, -0.2) is 42.9 Å². The highest BCUT2D eigenvalue weighted by atomic mass is 16.2. The fraction of sp³-hybridized carbons (Fsp3) is 0.417. The quantitative estimate of drug-likeness (QED) is 0.709. The van der Waals surface area contributed by atoms with Crippen molar-refractivity contribution in [3.8, 4) is 0 Å². The molecule has 1 N–H and O–H groups in total. The maximum absolute atomic E-state index is 12.5. The summed E-state index contributed by atoms with van der Waals surface area (Å²) in [6, 6.07) is 18.3. The number of carbonyl (C=O) groups excluding carboxylic acids is 2. The van der Waals surface area contributed by atoms with Crippen LogP contribution in [0.1, 0.15) is 43.9 Å². The van der Waals surface area contributed by atoms with Crippen LogP contribution in [0.4, 0.5) is 5.69 Å². The molecule has 0 aliphatic carbocycles. The number of likely N-dealkylation sites (N-methyl/N-ethyl adjacent to an activating group) is 1. The van der Waals surface area contributed by atoms with E-state index in [0.29, 0.717) is 19.4 Å². The van der Waals surface area contributed by atoms with E-state index in [9.17, 15) is 9.59 Å². The van der Waals surface area contributed by atoms with Crippen molar-refractivity contribution in [2.45, 2.75) is 39.2 Å². The van der Waals surface area contributed by atoms with Crippen LogP contribution in [0, 0.1) is 0 Å². The Hall–Kier alpha value is -2.66. The fourth-order valence-electron chi connectivity index (χ4n) is 3.97. The monoisotopic (exact) mass is 393 g/mol. The standard InChI is InChI=1S/C24H31N3O2/c1-3-26(4-2)22(20-9-6-5-7-10-20)18-25-23(28)17-19-12-14-21(15-13-19)27-16-8-11-24(27)29/h5-7,9-10,12-15,22H,3-4,8,11,16-18H2,1-2H3,(H,25,28)/t22-/m0/s1. The van der Waals surface area contributed by atoms with E-state index in [4.69, 9.17) is 0 Å². The first-order valence-electron chi connectivity index (χ1n) is 10.6. The molecule has 0 unspecified atom stereocenters. The first-order chi connectivity index (χ1) is 14.1. The van der Waals surface area contributed by atoms with E-state index in [0.717, 1.165) is 37.3 Å². The molecule has 5 heteroatoms. The van der Waals surface area contributed by atoms with Crippen LogP contribution < -0.4 is 10.2 Å². The van der Waals surface area contributed by atoms with Gasteiger partial charge in [-0.25, -0.2) is 0 Å². The van der Waals surface area contributed by atoms with Crippen molar-refractivity contribution in [1.29, 1.82) is 0 Å². The second kappa shape index (κ2) is 10.2. The van der Waals surface area contributed by atoms with Gasteiger partial charge >= 0.3 is 0 Å². The van der Waals surface area contributed by atoms with E-state index >= 15 is 0 Å². The third-order valence-electron chi connectivity index (χ3n) is 5.62. The Morgan fingerprint density at radius 3 is 2.34 bits per heavy atom. The summed E-state index contributed by atoms with van der Waals surface area (Å²) in [5, 5.41) is 3.11. The summed E-state index contributed by atoms with van der Waals surface area (Å²) in [5.41, 5.74) is 3.09. The van der Waals surface area contributed by atoms with Gasteiger partial charge < -0.3 is 10.2 Å². The molecule has 1 saturated heterocycles. The van der Waals surface area contributed by atoms with E-state index in [-0.39, 0.29) is 17.9 Å². The van der Waals surface area contributed by atoms with Crippen molar-refractivity contribution in [3.05, 3.63) is 65.7 Å². The number of nitrogens with one attached hydrogen (secondary N) is 1. The summed E-state index contributed by atoms with van der Waals surface area (Å²) >= 11 is 0. The van der Waals surface area contributed by atoms with Gasteiger partial charge in [0, 0.05) is 25.2 Å². The number of anilines is 1. The lowest BCUT2D eigenvalue weighted by atomic mass is 10.0. The Labute approximate surface area is 173 Å². The van der Waals surface area contributed by atoms with Gasteiger partial charge in [-0.2, -0.15) is 0 Å². The van der Waals surface area contributed by atoms with Crippen molar-refractivity contribution in [1.82, 2.24) is 10.2 Å². The summed E-state index contributed by atoms with van der Waals surface area (Å²) in [6.07, 6.45) is 1.88. The highest BCUT2D eigenvalue weighted by Crippen LogP contribution is 2.22. The number of rotatable bonds is 9. The molecule has 154 valence electrons. The number of hydrogen-bond acceptors (Lipinski definition) is 3. The van der Waals surface area contributed by atoms with E-state index in [1.54, 1.807) is 0 Å². The average Bonchev–Trinajstić information content (AvgIpc) is 3.18. The maximum atomic E-state index is 12.5. The zero-order valence-electron chi connectivity index (χ0n) is 17.4. The van der Waals surface area contributed by atoms with E-state index in [1.165, 1.54) is 5.56 Å². The van der Waals surface area contributed by atoms with Crippen LogP contribution in [0.3, 0.4) is 0 Å². The molecule has 1 atom stereocenters. The van der Waals surface area contributed by atoms with Gasteiger partial charge in [0.2, 0.25) is 11.8 Å². The second-order valence-corrected chi connectivity index (χ2v) is 7.44. The van der Waals surface area contributed by atoms with Gasteiger partial charge in [-0.3, -0.25) is 14.5 Å². The van der Waals surface area contributed by atoms with Crippen LogP contribution in [0.25, 0.3) is 0 Å². The molecule has 1 aliphatic heterocycles. The molecule has 1 heterocycles. The van der Waals surface area contributed by atoms with Crippen molar-refractivity contribution in [2.24, 2.45) is 0 Å². The van der Waals surface area contributed by atoms with Gasteiger partial charge in [0.05, 0.1) is 12.5 Å². The molecule has 2 aromatic carbocycles. The van der Waals surface area contributed by atoms with Crippen LogP contribution >= 0.6 is 0 Å². The Balaban J connectivity index is 1.58. The SMILES string of the molecule is CCN(CC)[C@@H](CNC(=O)Cc1ccc(N2CCCC2=O)cc1)c1ccccc1. The van der Waals surface area contributed by atoms with E-state index < -0.39 is 0 Å². The molecule has 1 aliphatic rings. The minimum absolute atomic E-state index is 0.0167. The summed E-state index contributed by atoms with van der Waals surface area (Å²) < 4.78 is 0. The van der Waals surface area contributed by atoms with Gasteiger partial charge in [-0.1, -0.05) is 56.3 Å². The molecule has 0 bridgehead atoms. The molecule has 0 spiro atoms. The number of nitrogens with zero attached hydrogens (tertiary/aromatic N) is 2. The van der Waals surface area contributed by atoms with Crippen LogP contribution in [0.5, 0.6) is 0 Å². The number of hydrogen-bond donors (Lipinski definition) is 1. The summed E-state index contributed by atoms with van der Waals surface area (Å²) in [7, 11) is 0. The highest BCUT2D eigenvalue weighted by molar-refractivity contribution is 5.95. The zero-order chi connectivity index (χ0) is 20.6. The maximum Gasteiger partial charge on any atom is 0.227 e. The lowest BCUT2D eigenvalue weighted by Crippen LogP contribution is -2.38. The van der Waals surface area contributed by atoms with Crippen LogP contribution in [-0.2, 0) is 16.0 Å². The van der Waals surface area contributed by atoms with E-state index in [2.05, 4.69) is 36.2 Å². The number of amides is 2. The third kappa shape index (κ3) is 5.45. The van der Waals surface area contributed by atoms with Gasteiger partial charge in [0.25, 0.3) is 0 Å². The molecular weight excluding hydrogens is 362 g/mol. The summed E-state index contributed by atoms with van der Waals surface area (Å²) in [5.74, 6) is 0.196. The Morgan fingerprint density at radius 1 is 1.07 bits per heavy atom. The van der Waals surface area contributed by atoms with Crippen molar-refractivity contribution in [2.75, 3.05) is 31.1 Å². The van der Waals surface area contributed by atoms with Crippen molar-refractivity contribution in [3.63, 3.8) is 0 Å². The average molecular weight is 394 g/mol. The number of carbonyl (C=O) groups is 2. The van der Waals surface area contributed by atoms with Gasteiger partial charge in [0.1, 0.15) is 0 Å². The first kappa shape index (κ1) is 21.1. The fourth-order valence-corrected chi connectivity index (χ4v) is 3.97. The zero-order valence-corrected chi connectivity index (χ0v) is 17.4. The molecule has 0 saturated carbocycles. The molecule has 3 rings (SSSR count). The van der Waals surface area contributed by atoms with Crippen LogP contribution in [0.15, 0.2) is 54.6 Å². The molecule has 2 amide bonds.